The van der Waals surface area contributed by atoms with Crippen molar-refractivity contribution in [2.45, 2.75) is 0 Å². The van der Waals surface area contributed by atoms with Crippen LogP contribution in [0.1, 0.15) is 0 Å². The van der Waals surface area contributed by atoms with E-state index in [2.05, 4.69) is 291 Å². The normalized spacial score (nSPS) is 11.9. The average molecular weight is 1120 g/mol. The summed E-state index contributed by atoms with van der Waals surface area (Å²) in [6.07, 6.45) is 0. The van der Waals surface area contributed by atoms with Gasteiger partial charge in [0.05, 0.1) is 49.8 Å². The molecule has 0 N–H and O–H groups in total. The van der Waals surface area contributed by atoms with Crippen LogP contribution in [0, 0.1) is 0 Å². The second-order valence-electron chi connectivity index (χ2n) is 22.7. The van der Waals surface area contributed by atoms with Gasteiger partial charge < -0.3 is 18.3 Å². The van der Waals surface area contributed by atoms with Crippen LogP contribution in [0.3, 0.4) is 0 Å². The van der Waals surface area contributed by atoms with E-state index in [9.17, 15) is 0 Å². The largest absolute Gasteiger partial charge is 0.308 e. The molecule has 0 radical (unpaired) electrons. The molecule has 5 aromatic heterocycles. The molecule has 0 amide bonds. The van der Waals surface area contributed by atoms with E-state index < -0.39 is 0 Å². The summed E-state index contributed by atoms with van der Waals surface area (Å²) in [5.74, 6) is 1.76. The van der Waals surface area contributed by atoms with Crippen molar-refractivity contribution in [3.05, 3.63) is 309 Å². The lowest BCUT2D eigenvalue weighted by Crippen LogP contribution is -2.05. The molecule has 0 aliphatic rings. The zero-order valence-electron chi connectivity index (χ0n) is 47.6. The van der Waals surface area contributed by atoms with Crippen molar-refractivity contribution in [1.29, 1.82) is 0 Å². The first-order chi connectivity index (χ1) is 43.7. The Morgan fingerprint density at radius 1 is 0.205 bits per heavy atom. The van der Waals surface area contributed by atoms with E-state index in [-0.39, 0.29) is 0 Å². The number of fused-ring (bicyclic) bond motifs is 15. The molecule has 7 heteroatoms. The van der Waals surface area contributed by atoms with Crippen molar-refractivity contribution in [2.75, 3.05) is 0 Å². The van der Waals surface area contributed by atoms with Crippen molar-refractivity contribution < 1.29 is 0 Å². The molecule has 18 rings (SSSR count). The highest BCUT2D eigenvalue weighted by Crippen LogP contribution is 2.51. The van der Waals surface area contributed by atoms with Gasteiger partial charge in [-0.05, 0) is 107 Å². The molecule has 0 aliphatic carbocycles. The Hall–Kier alpha value is -11.9. The zero-order chi connectivity index (χ0) is 57.8. The summed E-state index contributed by atoms with van der Waals surface area (Å²) in [6.45, 7) is 0. The zero-order valence-corrected chi connectivity index (χ0v) is 47.6. The van der Waals surface area contributed by atoms with Gasteiger partial charge in [0.1, 0.15) is 0 Å². The molecule has 18 aromatic rings. The van der Waals surface area contributed by atoms with Gasteiger partial charge in [-0.2, -0.15) is 0 Å². The molecular weight excluding hydrogens is 1070 g/mol. The fraction of sp³-hybridized carbons (Fsp3) is 0. The molecule has 5 heterocycles. The van der Waals surface area contributed by atoms with E-state index in [4.69, 9.17) is 15.0 Å². The number of rotatable bonds is 9. The third-order valence-corrected chi connectivity index (χ3v) is 17.8. The topological polar surface area (TPSA) is 58.4 Å². The van der Waals surface area contributed by atoms with Crippen LogP contribution in [-0.4, -0.2) is 33.2 Å². The summed E-state index contributed by atoms with van der Waals surface area (Å²) < 4.78 is 10.0. The van der Waals surface area contributed by atoms with Gasteiger partial charge in [0.15, 0.2) is 17.5 Å². The van der Waals surface area contributed by atoms with Crippen molar-refractivity contribution in [3.63, 3.8) is 0 Å². The first-order valence-corrected chi connectivity index (χ1v) is 29.9. The third-order valence-electron chi connectivity index (χ3n) is 17.8. The van der Waals surface area contributed by atoms with Crippen LogP contribution in [0.15, 0.2) is 309 Å². The first kappa shape index (κ1) is 49.5. The average Bonchev–Trinajstić information content (AvgIpc) is 1.51. The minimum Gasteiger partial charge on any atom is -0.308 e. The summed E-state index contributed by atoms with van der Waals surface area (Å²) in [7, 11) is 0. The van der Waals surface area contributed by atoms with Crippen molar-refractivity contribution in [2.24, 2.45) is 0 Å². The molecule has 0 fully saturated rings. The van der Waals surface area contributed by atoms with Crippen molar-refractivity contribution in [3.8, 4) is 79.2 Å². The van der Waals surface area contributed by atoms with Crippen molar-refractivity contribution >= 4 is 87.2 Å². The molecular formula is C81H51N7. The lowest BCUT2D eigenvalue weighted by Gasteiger charge is -2.18. The third kappa shape index (κ3) is 7.60. The van der Waals surface area contributed by atoms with E-state index in [1.807, 2.05) is 36.4 Å². The Kier molecular flexibility index (Phi) is 11.2. The highest BCUT2D eigenvalue weighted by Gasteiger charge is 2.30. The summed E-state index contributed by atoms with van der Waals surface area (Å²) in [5, 5.41) is 9.35. The number of para-hydroxylation sites is 5. The molecule has 0 atom stereocenters. The lowest BCUT2D eigenvalue weighted by atomic mass is 10.0. The minimum absolute atomic E-state index is 0.565. The predicted octanol–water partition coefficient (Wildman–Crippen LogP) is 20.6. The molecule has 0 spiro atoms. The maximum atomic E-state index is 5.48. The fourth-order valence-corrected chi connectivity index (χ4v) is 14.0. The molecule has 0 saturated carbocycles. The standard InChI is InChI=1S/C81H51N7/c1-7-25-52(26-8-1)56-43-47-70-65(49-56)66-50-57(53-27-9-2-10-28-53)44-48-71(66)88(70)72-51-60(45-46-64(72)81-83-79(54-29-11-3-12-30-54)82-80(84-81)55-31-13-4-14-32-55)87-69-42-24-21-39-63(69)75-77-73(61-37-19-22-40-67(61)85(77)58-33-15-5-16-34-58)76-74(78(75)87)62-38-20-23-41-68(62)86(76)59-35-17-6-18-36-59/h1-51H. The van der Waals surface area contributed by atoms with E-state index in [1.54, 1.807) is 0 Å². The van der Waals surface area contributed by atoms with Gasteiger partial charge in [0.25, 0.3) is 0 Å². The van der Waals surface area contributed by atoms with E-state index in [0.29, 0.717) is 17.5 Å². The highest BCUT2D eigenvalue weighted by molar-refractivity contribution is 6.40. The summed E-state index contributed by atoms with van der Waals surface area (Å²) >= 11 is 0. The number of nitrogens with zero attached hydrogens (tertiary/aromatic N) is 7. The first-order valence-electron chi connectivity index (χ1n) is 29.9. The molecule has 0 bridgehead atoms. The minimum atomic E-state index is 0.565. The quantitative estimate of drug-likeness (QED) is 0.145. The van der Waals surface area contributed by atoms with Crippen LogP contribution in [0.5, 0.6) is 0 Å². The fourth-order valence-electron chi connectivity index (χ4n) is 14.0. The Bertz CT molecular complexity index is 5540. The number of benzene rings is 13. The summed E-state index contributed by atoms with van der Waals surface area (Å²) in [6, 6.07) is 111. The van der Waals surface area contributed by atoms with Gasteiger partial charge in [-0.25, -0.2) is 15.0 Å². The molecule has 13 aromatic carbocycles. The van der Waals surface area contributed by atoms with Crippen LogP contribution in [0.25, 0.3) is 166 Å². The summed E-state index contributed by atoms with van der Waals surface area (Å²) in [4.78, 5) is 16.2. The number of hydrogen-bond acceptors (Lipinski definition) is 3. The molecule has 0 aliphatic heterocycles. The van der Waals surface area contributed by atoms with Gasteiger partial charge in [0, 0.05) is 76.8 Å². The van der Waals surface area contributed by atoms with E-state index in [0.717, 1.165) is 122 Å². The van der Waals surface area contributed by atoms with Crippen molar-refractivity contribution in [1.82, 2.24) is 33.2 Å². The molecule has 0 unspecified atom stereocenters. The SMILES string of the molecule is c1ccc(-c2ccc3c(c2)c2cc(-c4ccccc4)ccc2n3-c2cc(-n3c4ccccc4c4c5c(c6ccccc6n5-c5ccccc5)c5c(c6ccccc6n5-c5ccccc5)c43)ccc2-c2nc(-c3ccccc3)nc(-c3ccccc3)n2)cc1. The van der Waals surface area contributed by atoms with E-state index in [1.165, 1.54) is 26.9 Å². The van der Waals surface area contributed by atoms with Crippen LogP contribution in [0.2, 0.25) is 0 Å². The lowest BCUT2D eigenvalue weighted by molar-refractivity contribution is 1.06. The van der Waals surface area contributed by atoms with Gasteiger partial charge in [-0.15, -0.1) is 0 Å². The van der Waals surface area contributed by atoms with Gasteiger partial charge in [-0.3, -0.25) is 0 Å². The number of aromatic nitrogens is 7. The number of hydrogen-bond donors (Lipinski definition) is 0. The summed E-state index contributed by atoms with van der Waals surface area (Å²) in [5.41, 5.74) is 20.3. The maximum Gasteiger partial charge on any atom is 0.166 e. The van der Waals surface area contributed by atoms with Gasteiger partial charge >= 0.3 is 0 Å². The van der Waals surface area contributed by atoms with Crippen LogP contribution >= 0.6 is 0 Å². The Morgan fingerprint density at radius 2 is 0.534 bits per heavy atom. The molecule has 7 nitrogen and oxygen atoms in total. The predicted molar refractivity (Wildman–Crippen MR) is 364 cm³/mol. The van der Waals surface area contributed by atoms with Crippen LogP contribution in [-0.2, 0) is 0 Å². The monoisotopic (exact) mass is 1120 g/mol. The van der Waals surface area contributed by atoms with E-state index >= 15 is 0 Å². The maximum absolute atomic E-state index is 5.48. The smallest absolute Gasteiger partial charge is 0.166 e. The Labute approximate surface area is 506 Å². The second-order valence-corrected chi connectivity index (χ2v) is 22.7. The van der Waals surface area contributed by atoms with Gasteiger partial charge in [-0.1, -0.05) is 224 Å². The highest BCUT2D eigenvalue weighted by atomic mass is 15.1. The molecule has 410 valence electrons. The molecule has 88 heavy (non-hydrogen) atoms. The Morgan fingerprint density at radius 3 is 0.943 bits per heavy atom. The molecule has 0 saturated heterocycles. The second kappa shape index (κ2) is 19.8. The Balaban J connectivity index is 1.02. The van der Waals surface area contributed by atoms with Crippen LogP contribution < -0.4 is 0 Å². The van der Waals surface area contributed by atoms with Crippen LogP contribution in [0.4, 0.5) is 0 Å². The van der Waals surface area contributed by atoms with Gasteiger partial charge in [0.2, 0.25) is 0 Å².